The zero-order valence-corrected chi connectivity index (χ0v) is 3.44. The summed E-state index contributed by atoms with van der Waals surface area (Å²) in [6.45, 7) is 0. The molecule has 1 nitrogen and oxygen atoms in total. The van der Waals surface area contributed by atoms with Gasteiger partial charge in [-0.1, -0.05) is 19.0 Å². The van der Waals surface area contributed by atoms with Crippen LogP contribution in [0.3, 0.4) is 0 Å². The second-order valence-electron chi connectivity index (χ2n) is 0.304. The van der Waals surface area contributed by atoms with Crippen LogP contribution in [0.2, 0.25) is 0 Å². The maximum atomic E-state index is 4.78. The zero-order valence-electron chi connectivity index (χ0n) is 1.86. The van der Waals surface area contributed by atoms with Crippen LogP contribution in [-0.2, 0) is 0 Å². The van der Waals surface area contributed by atoms with E-state index in [1.165, 1.54) is 0 Å². The van der Waals surface area contributed by atoms with Gasteiger partial charge in [0.2, 0.25) is 0 Å². The second kappa shape index (κ2) is 4.18. The summed E-state index contributed by atoms with van der Waals surface area (Å²) in [5, 5.41) is 0. The number of halogens is 1. The highest BCUT2D eigenvalue weighted by Crippen LogP contribution is 1.65. The van der Waals surface area contributed by atoms with E-state index in [2.05, 4.69) is 18.0 Å². The summed E-state index contributed by atoms with van der Waals surface area (Å²) >= 11 is 8.86. The Morgan fingerprint density at radius 2 is 1.80 bits per heavy atom. The molecule has 0 aromatic rings. The number of nitrogens with two attached hydrogens (primary N) is 1. The average Bonchev–Trinajstić information content (AvgIpc) is 0.811. The van der Waals surface area contributed by atoms with E-state index < -0.39 is 0 Å². The van der Waals surface area contributed by atoms with Gasteiger partial charge in [-0.25, -0.2) is 0 Å². The number of hydrogen-bond donors (Lipinski definition) is 1. The van der Waals surface area contributed by atoms with Crippen molar-refractivity contribution in [2.45, 2.75) is 7.43 Å². The molecule has 0 aliphatic heterocycles. The molecule has 32 valence electrons. The quantitative estimate of drug-likeness (QED) is 0.288. The van der Waals surface area contributed by atoms with E-state index in [4.69, 9.17) is 11.6 Å². The first kappa shape index (κ1) is 8.95. The molecule has 2 N–H and O–H groups in total. The molecular formula is C2H6ClNS. The summed E-state index contributed by atoms with van der Waals surface area (Å²) in [6, 6.07) is 0. The molecule has 0 aliphatic rings. The van der Waals surface area contributed by atoms with Gasteiger partial charge in [-0.05, 0) is 12.2 Å². The molecule has 0 unspecified atom stereocenters. The van der Waals surface area contributed by atoms with E-state index in [1.54, 1.807) is 0 Å². The maximum absolute atomic E-state index is 4.78. The molecule has 5 heavy (non-hydrogen) atoms. The Morgan fingerprint density at radius 1 is 1.80 bits per heavy atom. The maximum Gasteiger partial charge on any atom is 0.164 e. The van der Waals surface area contributed by atoms with Crippen molar-refractivity contribution in [2.24, 2.45) is 5.73 Å². The van der Waals surface area contributed by atoms with E-state index in [1.807, 2.05) is 0 Å². The smallest absolute Gasteiger partial charge is 0.164 e. The van der Waals surface area contributed by atoms with E-state index in [0.717, 1.165) is 0 Å². The molecule has 0 fully saturated rings. The molecule has 0 amide bonds. The van der Waals surface area contributed by atoms with Crippen molar-refractivity contribution in [1.82, 2.24) is 0 Å². The van der Waals surface area contributed by atoms with Gasteiger partial charge in [-0.15, -0.1) is 0 Å². The first-order valence-corrected chi connectivity index (χ1v) is 1.47. The van der Waals surface area contributed by atoms with Crippen LogP contribution in [0.4, 0.5) is 0 Å². The lowest BCUT2D eigenvalue weighted by atomic mass is 11.5. The molecule has 0 aromatic carbocycles. The molecule has 0 rings (SSSR count). The Balaban J connectivity index is 0. The Labute approximate surface area is 42.1 Å². The second-order valence-corrected chi connectivity index (χ2v) is 1.38. The van der Waals surface area contributed by atoms with Crippen LogP contribution < -0.4 is 5.73 Å². The summed E-state index contributed by atoms with van der Waals surface area (Å²) in [6.07, 6.45) is 0. The standard InChI is InChI=1S/CH2ClNS.CH4/c2-1(3)4;/h(H2,3,4);1H4. The first-order valence-electron chi connectivity index (χ1n) is 0.682. The molecule has 0 heterocycles. The zero-order chi connectivity index (χ0) is 3.58. The Morgan fingerprint density at radius 3 is 1.80 bits per heavy atom. The molecule has 0 saturated heterocycles. The summed E-state index contributed by atoms with van der Waals surface area (Å²) < 4.78 is -0.0278. The fourth-order valence-electron chi connectivity index (χ4n) is 0. The molecule has 0 saturated carbocycles. The van der Waals surface area contributed by atoms with Crippen LogP contribution in [0.1, 0.15) is 7.43 Å². The third-order valence-electron chi connectivity index (χ3n) is 0. The number of hydrogen-bond acceptors (Lipinski definition) is 1. The summed E-state index contributed by atoms with van der Waals surface area (Å²) in [4.78, 5) is 0. The van der Waals surface area contributed by atoms with Gasteiger partial charge in [0.1, 0.15) is 0 Å². The molecule has 3 heteroatoms. The first-order chi connectivity index (χ1) is 1.73. The topological polar surface area (TPSA) is 26.0 Å². The predicted octanol–water partition coefficient (Wildman–Crippen LogP) is 1.10. The molecule has 0 bridgehead atoms. The van der Waals surface area contributed by atoms with Crippen LogP contribution in [0, 0.1) is 0 Å². The van der Waals surface area contributed by atoms with E-state index in [-0.39, 0.29) is 11.9 Å². The van der Waals surface area contributed by atoms with Crippen LogP contribution in [-0.4, -0.2) is 4.45 Å². The lowest BCUT2D eigenvalue weighted by Crippen LogP contribution is -1.94. The van der Waals surface area contributed by atoms with E-state index >= 15 is 0 Å². The minimum Gasteiger partial charge on any atom is -0.380 e. The molecule has 0 aromatic heterocycles. The number of rotatable bonds is 0. The number of thiocarbonyl (C=S) groups is 1. The highest BCUT2D eigenvalue weighted by molar-refractivity contribution is 7.83. The van der Waals surface area contributed by atoms with Crippen molar-refractivity contribution < 1.29 is 0 Å². The summed E-state index contributed by atoms with van der Waals surface area (Å²) in [5.74, 6) is 0. The fraction of sp³-hybridized carbons (Fsp3) is 0.500. The van der Waals surface area contributed by atoms with Gasteiger partial charge in [0.05, 0.1) is 0 Å². The Hall–Kier alpha value is 0.180. The fourth-order valence-corrected chi connectivity index (χ4v) is 0. The Kier molecular flexibility index (Phi) is 7.48. The third kappa shape index (κ3) is 613. The largest absolute Gasteiger partial charge is 0.380 e. The van der Waals surface area contributed by atoms with Crippen molar-refractivity contribution in [3.8, 4) is 0 Å². The molecule has 0 spiro atoms. The minimum atomic E-state index is -0.0278. The van der Waals surface area contributed by atoms with E-state index in [0.29, 0.717) is 0 Å². The van der Waals surface area contributed by atoms with Gasteiger partial charge in [-0.3, -0.25) is 0 Å². The monoisotopic (exact) mass is 111 g/mol. The molecular weight excluding hydrogens is 106 g/mol. The van der Waals surface area contributed by atoms with Crippen molar-refractivity contribution in [1.29, 1.82) is 0 Å². The van der Waals surface area contributed by atoms with E-state index in [9.17, 15) is 0 Å². The predicted molar refractivity (Wildman–Crippen MR) is 29.4 cm³/mol. The Bertz CT molecular complexity index is 32.6. The van der Waals surface area contributed by atoms with Crippen LogP contribution >= 0.6 is 23.8 Å². The normalized spacial score (nSPS) is 5.00. The molecule has 0 atom stereocenters. The highest BCUT2D eigenvalue weighted by Gasteiger charge is 1.59. The van der Waals surface area contributed by atoms with Gasteiger partial charge < -0.3 is 5.73 Å². The van der Waals surface area contributed by atoms with Crippen molar-refractivity contribution >= 4 is 28.3 Å². The summed E-state index contributed by atoms with van der Waals surface area (Å²) in [5.41, 5.74) is 4.61. The van der Waals surface area contributed by atoms with Gasteiger partial charge in [0.15, 0.2) is 4.45 Å². The van der Waals surface area contributed by atoms with Crippen LogP contribution in [0.15, 0.2) is 0 Å². The van der Waals surface area contributed by atoms with Crippen LogP contribution in [0.5, 0.6) is 0 Å². The minimum absolute atomic E-state index is 0. The summed E-state index contributed by atoms with van der Waals surface area (Å²) in [7, 11) is 0. The van der Waals surface area contributed by atoms with Gasteiger partial charge in [0, 0.05) is 0 Å². The SMILES string of the molecule is C.NC(=S)Cl. The molecule has 0 radical (unpaired) electrons. The van der Waals surface area contributed by atoms with Crippen molar-refractivity contribution in [3.05, 3.63) is 0 Å². The lowest BCUT2D eigenvalue weighted by molar-refractivity contribution is 1.90. The van der Waals surface area contributed by atoms with Crippen molar-refractivity contribution in [2.75, 3.05) is 0 Å². The third-order valence-corrected chi connectivity index (χ3v) is 0. The highest BCUT2D eigenvalue weighted by atomic mass is 35.5. The van der Waals surface area contributed by atoms with Crippen molar-refractivity contribution in [3.63, 3.8) is 0 Å². The van der Waals surface area contributed by atoms with Gasteiger partial charge in [-0.2, -0.15) is 0 Å². The lowest BCUT2D eigenvalue weighted by Gasteiger charge is -1.61. The van der Waals surface area contributed by atoms with Gasteiger partial charge in [0.25, 0.3) is 0 Å². The molecule has 0 aliphatic carbocycles. The average molecular weight is 112 g/mol. The van der Waals surface area contributed by atoms with Gasteiger partial charge >= 0.3 is 0 Å². The van der Waals surface area contributed by atoms with Crippen LogP contribution in [0.25, 0.3) is 0 Å².